The second-order valence-corrected chi connectivity index (χ2v) is 7.66. The van der Waals surface area contributed by atoms with Crippen LogP contribution in [0.5, 0.6) is 0 Å². The first-order valence-corrected chi connectivity index (χ1v) is 9.20. The molecule has 2 aromatic heterocycles. The second-order valence-electron chi connectivity index (χ2n) is 7.22. The zero-order valence-electron chi connectivity index (χ0n) is 14.7. The van der Waals surface area contributed by atoms with Gasteiger partial charge < -0.3 is 10.6 Å². The van der Waals surface area contributed by atoms with Crippen LogP contribution in [-0.2, 0) is 0 Å². The van der Waals surface area contributed by atoms with Gasteiger partial charge in [-0.3, -0.25) is 10.1 Å². The number of benzene rings is 1. The Morgan fingerprint density at radius 1 is 1.12 bits per heavy atom. The third-order valence-corrected chi connectivity index (χ3v) is 5.13. The number of H-pyrrole nitrogens is 1. The van der Waals surface area contributed by atoms with Crippen LogP contribution in [0.4, 0.5) is 5.82 Å². The monoisotopic (exact) mass is 367 g/mol. The van der Waals surface area contributed by atoms with E-state index in [1.54, 1.807) is 12.4 Å². The van der Waals surface area contributed by atoms with Gasteiger partial charge in [0.15, 0.2) is 5.82 Å². The molecule has 134 valence electrons. The number of aromatic amines is 1. The Labute approximate surface area is 158 Å². The number of hydrogen-bond acceptors (Lipinski definition) is 4. The Morgan fingerprint density at radius 3 is 2.54 bits per heavy atom. The fourth-order valence-corrected chi connectivity index (χ4v) is 3.75. The summed E-state index contributed by atoms with van der Waals surface area (Å²) in [4.78, 5) is 6.44. The van der Waals surface area contributed by atoms with E-state index in [1.165, 1.54) is 0 Å². The first kappa shape index (κ1) is 17.1. The number of pyridine rings is 1. The summed E-state index contributed by atoms with van der Waals surface area (Å²) in [6, 6.07) is 11.8. The molecular weight excluding hydrogens is 346 g/mol. The molecular formula is C20H22ClN5. The van der Waals surface area contributed by atoms with Gasteiger partial charge in [-0.05, 0) is 49.6 Å². The average molecular weight is 368 g/mol. The third kappa shape index (κ3) is 3.32. The van der Waals surface area contributed by atoms with Crippen LogP contribution in [0.1, 0.15) is 19.8 Å². The van der Waals surface area contributed by atoms with E-state index in [9.17, 15) is 0 Å². The molecule has 0 amide bonds. The maximum atomic E-state index is 6.42. The van der Waals surface area contributed by atoms with Gasteiger partial charge >= 0.3 is 0 Å². The number of rotatable bonds is 3. The van der Waals surface area contributed by atoms with E-state index in [4.69, 9.17) is 17.3 Å². The lowest BCUT2D eigenvalue weighted by atomic mass is 9.91. The Morgan fingerprint density at radius 2 is 1.85 bits per heavy atom. The molecule has 1 unspecified atom stereocenters. The maximum Gasteiger partial charge on any atom is 0.159 e. The molecule has 5 nitrogen and oxygen atoms in total. The fraction of sp³-hybridized carbons (Fsp3) is 0.300. The van der Waals surface area contributed by atoms with Crippen molar-refractivity contribution in [3.63, 3.8) is 0 Å². The molecule has 0 bridgehead atoms. The Hall–Kier alpha value is -2.37. The lowest BCUT2D eigenvalue weighted by Crippen LogP contribution is -2.52. The van der Waals surface area contributed by atoms with E-state index < -0.39 is 0 Å². The van der Waals surface area contributed by atoms with Crippen LogP contribution in [-0.4, -0.2) is 33.8 Å². The fourth-order valence-electron chi connectivity index (χ4n) is 3.63. The minimum Gasteiger partial charge on any atom is -0.353 e. The van der Waals surface area contributed by atoms with Crippen molar-refractivity contribution in [2.45, 2.75) is 25.3 Å². The Bertz CT molecular complexity index is 886. The number of nitrogens with one attached hydrogen (secondary N) is 1. The van der Waals surface area contributed by atoms with Gasteiger partial charge in [-0.15, -0.1) is 0 Å². The summed E-state index contributed by atoms with van der Waals surface area (Å²) in [5.41, 5.74) is 10.4. The number of halogens is 1. The molecule has 1 aliphatic heterocycles. The molecule has 0 radical (unpaired) electrons. The highest BCUT2D eigenvalue weighted by Crippen LogP contribution is 2.39. The van der Waals surface area contributed by atoms with Gasteiger partial charge in [-0.1, -0.05) is 23.7 Å². The molecule has 0 aliphatic carbocycles. The van der Waals surface area contributed by atoms with Crippen LogP contribution in [0.2, 0.25) is 5.02 Å². The van der Waals surface area contributed by atoms with Crippen molar-refractivity contribution in [1.29, 1.82) is 0 Å². The lowest BCUT2D eigenvalue weighted by molar-refractivity contribution is 0.373. The molecule has 6 heteroatoms. The van der Waals surface area contributed by atoms with E-state index in [0.717, 1.165) is 54.1 Å². The minimum absolute atomic E-state index is 0.201. The summed E-state index contributed by atoms with van der Waals surface area (Å²) in [6.45, 7) is 3.85. The normalized spacial score (nSPS) is 20.3. The Balaban J connectivity index is 1.83. The summed E-state index contributed by atoms with van der Waals surface area (Å²) >= 11 is 6.06. The van der Waals surface area contributed by atoms with E-state index in [0.29, 0.717) is 5.02 Å². The van der Waals surface area contributed by atoms with Crippen LogP contribution in [0.25, 0.3) is 22.4 Å². The highest BCUT2D eigenvalue weighted by Gasteiger charge is 2.30. The summed E-state index contributed by atoms with van der Waals surface area (Å²) in [5, 5.41) is 8.63. The molecule has 1 fully saturated rings. The average Bonchev–Trinajstić information content (AvgIpc) is 3.07. The SMILES string of the molecule is CC1(N)CCCN(c2n[nH]c(-c3ccc(Cl)cc3)c2-c2ccncc2)C1. The number of piperidine rings is 1. The van der Waals surface area contributed by atoms with Crippen molar-refractivity contribution in [2.24, 2.45) is 5.73 Å². The topological polar surface area (TPSA) is 70.8 Å². The lowest BCUT2D eigenvalue weighted by Gasteiger charge is -2.38. The molecule has 1 saturated heterocycles. The van der Waals surface area contributed by atoms with Crippen molar-refractivity contribution in [3.8, 4) is 22.4 Å². The van der Waals surface area contributed by atoms with Crippen molar-refractivity contribution in [1.82, 2.24) is 15.2 Å². The zero-order chi connectivity index (χ0) is 18.1. The third-order valence-electron chi connectivity index (χ3n) is 4.88. The molecule has 0 saturated carbocycles. The number of nitrogens with two attached hydrogens (primary N) is 1. The number of nitrogens with zero attached hydrogens (tertiary/aromatic N) is 3. The van der Waals surface area contributed by atoms with Crippen LogP contribution >= 0.6 is 11.6 Å². The van der Waals surface area contributed by atoms with Crippen molar-refractivity contribution < 1.29 is 0 Å². The minimum atomic E-state index is -0.201. The Kier molecular flexibility index (Phi) is 4.42. The van der Waals surface area contributed by atoms with E-state index in [1.807, 2.05) is 36.4 Å². The predicted octanol–water partition coefficient (Wildman–Crippen LogP) is 4.11. The van der Waals surface area contributed by atoms with Gasteiger partial charge in [0.05, 0.1) is 11.3 Å². The first-order valence-electron chi connectivity index (χ1n) is 8.82. The second kappa shape index (κ2) is 6.74. The zero-order valence-corrected chi connectivity index (χ0v) is 15.5. The highest BCUT2D eigenvalue weighted by molar-refractivity contribution is 6.30. The van der Waals surface area contributed by atoms with Crippen LogP contribution in [0.3, 0.4) is 0 Å². The van der Waals surface area contributed by atoms with Crippen molar-refractivity contribution in [3.05, 3.63) is 53.8 Å². The number of hydrogen-bond donors (Lipinski definition) is 2. The first-order chi connectivity index (χ1) is 12.5. The predicted molar refractivity (Wildman–Crippen MR) is 106 cm³/mol. The van der Waals surface area contributed by atoms with Crippen LogP contribution in [0.15, 0.2) is 48.8 Å². The quantitative estimate of drug-likeness (QED) is 0.730. The maximum absolute atomic E-state index is 6.42. The van der Waals surface area contributed by atoms with E-state index >= 15 is 0 Å². The van der Waals surface area contributed by atoms with Gasteiger partial charge in [-0.25, -0.2) is 0 Å². The summed E-state index contributed by atoms with van der Waals surface area (Å²) in [6.07, 6.45) is 5.70. The molecule has 4 rings (SSSR count). The van der Waals surface area contributed by atoms with E-state index in [2.05, 4.69) is 27.0 Å². The van der Waals surface area contributed by atoms with Gasteiger partial charge in [0.25, 0.3) is 0 Å². The van der Waals surface area contributed by atoms with Gasteiger partial charge in [0.2, 0.25) is 0 Å². The molecule has 3 aromatic rings. The van der Waals surface area contributed by atoms with Gasteiger partial charge in [0, 0.05) is 41.6 Å². The van der Waals surface area contributed by atoms with Gasteiger partial charge in [0.1, 0.15) is 0 Å². The molecule has 3 heterocycles. The summed E-state index contributed by atoms with van der Waals surface area (Å²) < 4.78 is 0. The molecule has 3 N–H and O–H groups in total. The van der Waals surface area contributed by atoms with Crippen LogP contribution in [0, 0.1) is 0 Å². The standard InChI is InChI=1S/C20H22ClN5/c1-20(22)9-2-12-26(13-20)19-17(14-7-10-23-11-8-14)18(24-25-19)15-3-5-16(21)6-4-15/h3-8,10-11H,2,9,12-13,22H2,1H3,(H,24,25). The number of anilines is 1. The molecule has 0 spiro atoms. The van der Waals surface area contributed by atoms with Crippen molar-refractivity contribution >= 4 is 17.4 Å². The molecule has 26 heavy (non-hydrogen) atoms. The van der Waals surface area contributed by atoms with E-state index in [-0.39, 0.29) is 5.54 Å². The molecule has 1 aromatic carbocycles. The molecule has 1 aliphatic rings. The van der Waals surface area contributed by atoms with Crippen LogP contribution < -0.4 is 10.6 Å². The largest absolute Gasteiger partial charge is 0.353 e. The molecule has 1 atom stereocenters. The number of aromatic nitrogens is 3. The summed E-state index contributed by atoms with van der Waals surface area (Å²) in [5.74, 6) is 0.942. The summed E-state index contributed by atoms with van der Waals surface area (Å²) in [7, 11) is 0. The van der Waals surface area contributed by atoms with Crippen molar-refractivity contribution in [2.75, 3.05) is 18.0 Å². The highest BCUT2D eigenvalue weighted by atomic mass is 35.5. The smallest absolute Gasteiger partial charge is 0.159 e. The van der Waals surface area contributed by atoms with Gasteiger partial charge in [-0.2, -0.15) is 5.10 Å².